The van der Waals surface area contributed by atoms with Crippen LogP contribution in [-0.4, -0.2) is 57.3 Å². The van der Waals surface area contributed by atoms with Crippen molar-refractivity contribution in [2.75, 3.05) is 40.1 Å². The van der Waals surface area contributed by atoms with E-state index in [0.717, 1.165) is 5.75 Å². The molecule has 2 unspecified atom stereocenters. The van der Waals surface area contributed by atoms with Gasteiger partial charge in [-0.2, -0.15) is 0 Å². The van der Waals surface area contributed by atoms with Crippen molar-refractivity contribution in [2.24, 2.45) is 0 Å². The molecule has 120 valence electrons. The molecule has 0 radical (unpaired) electrons. The average molecular weight is 297 g/mol. The fourth-order valence-corrected chi connectivity index (χ4v) is 1.67. The molecule has 0 aliphatic heterocycles. The van der Waals surface area contributed by atoms with Crippen molar-refractivity contribution in [3.05, 3.63) is 29.8 Å². The lowest BCUT2D eigenvalue weighted by atomic mass is 10.2. The molecule has 0 aliphatic carbocycles. The summed E-state index contributed by atoms with van der Waals surface area (Å²) in [5, 5.41) is 13.0. The number of aliphatic hydroxyl groups is 1. The van der Waals surface area contributed by atoms with E-state index in [-0.39, 0.29) is 6.04 Å². The molecule has 2 N–H and O–H groups in total. The monoisotopic (exact) mass is 297 g/mol. The summed E-state index contributed by atoms with van der Waals surface area (Å²) in [5.41, 5.74) is 1.21. The van der Waals surface area contributed by atoms with E-state index < -0.39 is 6.10 Å². The molecule has 0 saturated heterocycles. The van der Waals surface area contributed by atoms with Gasteiger partial charge < -0.3 is 24.6 Å². The molecular formula is C16H27NO4. The Labute approximate surface area is 127 Å². The first-order valence-corrected chi connectivity index (χ1v) is 7.29. The number of benzene rings is 1. The first kappa shape index (κ1) is 17.9. The molecular weight excluding hydrogens is 270 g/mol. The number of hydrogen-bond acceptors (Lipinski definition) is 5. The Morgan fingerprint density at radius 3 is 2.52 bits per heavy atom. The van der Waals surface area contributed by atoms with E-state index in [1.165, 1.54) is 5.56 Å². The lowest BCUT2D eigenvalue weighted by Gasteiger charge is -2.18. The molecule has 0 saturated carbocycles. The average Bonchev–Trinajstić information content (AvgIpc) is 2.49. The highest BCUT2D eigenvalue weighted by atomic mass is 16.5. The van der Waals surface area contributed by atoms with Gasteiger partial charge in [0.2, 0.25) is 0 Å². The Morgan fingerprint density at radius 2 is 1.86 bits per heavy atom. The van der Waals surface area contributed by atoms with Crippen molar-refractivity contribution in [3.8, 4) is 5.75 Å². The molecule has 21 heavy (non-hydrogen) atoms. The summed E-state index contributed by atoms with van der Waals surface area (Å²) >= 11 is 0. The zero-order valence-electron chi connectivity index (χ0n) is 13.2. The predicted molar refractivity (Wildman–Crippen MR) is 82.8 cm³/mol. The number of methoxy groups -OCH3 is 1. The highest BCUT2D eigenvalue weighted by Gasteiger charge is 2.08. The minimum atomic E-state index is -0.524. The SMILES string of the molecule is COCCOCC(O)CNC(C)COc1ccc(C)cc1. The second-order valence-electron chi connectivity index (χ2n) is 5.15. The molecule has 2 atom stereocenters. The van der Waals surface area contributed by atoms with Crippen molar-refractivity contribution in [3.63, 3.8) is 0 Å². The highest BCUT2D eigenvalue weighted by molar-refractivity contribution is 5.26. The number of ether oxygens (including phenoxy) is 3. The molecule has 0 spiro atoms. The van der Waals surface area contributed by atoms with E-state index in [9.17, 15) is 5.11 Å². The summed E-state index contributed by atoms with van der Waals surface area (Å²) in [7, 11) is 1.62. The van der Waals surface area contributed by atoms with Gasteiger partial charge in [0.1, 0.15) is 12.4 Å². The summed E-state index contributed by atoms with van der Waals surface area (Å²) in [6.45, 7) is 6.45. The van der Waals surface area contributed by atoms with Gasteiger partial charge in [0.05, 0.1) is 25.9 Å². The van der Waals surface area contributed by atoms with Crippen LogP contribution in [0.2, 0.25) is 0 Å². The van der Waals surface area contributed by atoms with E-state index in [4.69, 9.17) is 14.2 Å². The number of nitrogens with one attached hydrogen (secondary N) is 1. The second-order valence-corrected chi connectivity index (χ2v) is 5.15. The Morgan fingerprint density at radius 1 is 1.14 bits per heavy atom. The first-order chi connectivity index (χ1) is 10.1. The Bertz CT molecular complexity index is 369. The van der Waals surface area contributed by atoms with Crippen LogP contribution in [0.3, 0.4) is 0 Å². The third-order valence-corrected chi connectivity index (χ3v) is 2.96. The number of rotatable bonds is 11. The predicted octanol–water partition coefficient (Wildman–Crippen LogP) is 1.38. The third-order valence-electron chi connectivity index (χ3n) is 2.96. The highest BCUT2D eigenvalue weighted by Crippen LogP contribution is 2.11. The van der Waals surface area contributed by atoms with Crippen molar-refractivity contribution in [1.29, 1.82) is 0 Å². The maximum atomic E-state index is 9.74. The quantitative estimate of drug-likeness (QED) is 0.604. The van der Waals surface area contributed by atoms with Crippen LogP contribution in [0.15, 0.2) is 24.3 Å². The normalized spacial score (nSPS) is 13.9. The van der Waals surface area contributed by atoms with Gasteiger partial charge in [-0.05, 0) is 26.0 Å². The first-order valence-electron chi connectivity index (χ1n) is 7.29. The van der Waals surface area contributed by atoms with Crippen LogP contribution in [0.25, 0.3) is 0 Å². The molecule has 1 aromatic rings. The van der Waals surface area contributed by atoms with Crippen LogP contribution < -0.4 is 10.1 Å². The number of aryl methyl sites for hydroxylation is 1. The van der Waals surface area contributed by atoms with Gasteiger partial charge in [0, 0.05) is 19.7 Å². The van der Waals surface area contributed by atoms with Gasteiger partial charge in [-0.15, -0.1) is 0 Å². The summed E-state index contributed by atoms with van der Waals surface area (Å²) in [6, 6.07) is 8.12. The Kier molecular flexibility index (Phi) is 9.01. The van der Waals surface area contributed by atoms with Crippen LogP contribution in [0.4, 0.5) is 0 Å². The minimum absolute atomic E-state index is 0.153. The zero-order valence-corrected chi connectivity index (χ0v) is 13.2. The topological polar surface area (TPSA) is 60.0 Å². The molecule has 5 heteroatoms. The lowest BCUT2D eigenvalue weighted by molar-refractivity contribution is 0.0126. The van der Waals surface area contributed by atoms with E-state index in [1.54, 1.807) is 7.11 Å². The smallest absolute Gasteiger partial charge is 0.119 e. The van der Waals surface area contributed by atoms with Crippen molar-refractivity contribution in [1.82, 2.24) is 5.32 Å². The van der Waals surface area contributed by atoms with Crippen molar-refractivity contribution in [2.45, 2.75) is 26.0 Å². The molecule has 0 amide bonds. The molecule has 1 aromatic carbocycles. The Hall–Kier alpha value is -1.14. The van der Waals surface area contributed by atoms with Crippen molar-refractivity contribution >= 4 is 0 Å². The summed E-state index contributed by atoms with van der Waals surface area (Å²) in [5.74, 6) is 0.859. The fraction of sp³-hybridized carbons (Fsp3) is 0.625. The van der Waals surface area contributed by atoms with E-state index >= 15 is 0 Å². The molecule has 0 aromatic heterocycles. The van der Waals surface area contributed by atoms with Crippen LogP contribution in [0.1, 0.15) is 12.5 Å². The van der Waals surface area contributed by atoms with E-state index in [2.05, 4.69) is 5.32 Å². The fourth-order valence-electron chi connectivity index (χ4n) is 1.67. The van der Waals surface area contributed by atoms with Crippen molar-refractivity contribution < 1.29 is 19.3 Å². The molecule has 0 bridgehead atoms. The van der Waals surface area contributed by atoms with E-state index in [1.807, 2.05) is 38.1 Å². The lowest BCUT2D eigenvalue weighted by Crippen LogP contribution is -2.39. The summed E-state index contributed by atoms with van der Waals surface area (Å²) in [4.78, 5) is 0. The number of hydrogen-bond donors (Lipinski definition) is 2. The van der Waals surface area contributed by atoms with Gasteiger partial charge in [-0.3, -0.25) is 0 Å². The maximum absolute atomic E-state index is 9.74. The maximum Gasteiger partial charge on any atom is 0.119 e. The molecule has 5 nitrogen and oxygen atoms in total. The van der Waals surface area contributed by atoms with Crippen LogP contribution in [0, 0.1) is 6.92 Å². The van der Waals surface area contributed by atoms with Gasteiger partial charge in [-0.1, -0.05) is 17.7 Å². The van der Waals surface area contributed by atoms with Crippen LogP contribution >= 0.6 is 0 Å². The molecule has 1 rings (SSSR count). The van der Waals surface area contributed by atoms with Gasteiger partial charge >= 0.3 is 0 Å². The molecule has 0 aliphatic rings. The van der Waals surface area contributed by atoms with Gasteiger partial charge in [0.15, 0.2) is 0 Å². The third kappa shape index (κ3) is 8.67. The van der Waals surface area contributed by atoms with Gasteiger partial charge in [0.25, 0.3) is 0 Å². The molecule has 0 heterocycles. The number of aliphatic hydroxyl groups excluding tert-OH is 1. The Balaban J connectivity index is 2.10. The minimum Gasteiger partial charge on any atom is -0.492 e. The standard InChI is InChI=1S/C16H27NO4/c1-13-4-6-16(7-5-13)21-11-14(2)17-10-15(18)12-20-9-8-19-3/h4-7,14-15,17-18H,8-12H2,1-3H3. The zero-order chi connectivity index (χ0) is 15.5. The van der Waals surface area contributed by atoms with Crippen LogP contribution in [0.5, 0.6) is 5.75 Å². The van der Waals surface area contributed by atoms with Crippen LogP contribution in [-0.2, 0) is 9.47 Å². The van der Waals surface area contributed by atoms with E-state index in [0.29, 0.717) is 33.0 Å². The molecule has 0 fully saturated rings. The largest absolute Gasteiger partial charge is 0.492 e. The van der Waals surface area contributed by atoms with Gasteiger partial charge in [-0.25, -0.2) is 0 Å². The second kappa shape index (κ2) is 10.6. The summed E-state index contributed by atoms with van der Waals surface area (Å²) < 4.78 is 15.8. The summed E-state index contributed by atoms with van der Waals surface area (Å²) in [6.07, 6.45) is -0.524.